The molecule has 1 atom stereocenters. The molecule has 1 radical (unpaired) electrons. The zero-order valence-electron chi connectivity index (χ0n) is 12.2. The number of nitrogens with zero attached hydrogens (tertiary/aromatic N) is 2. The molecule has 1 aliphatic rings. The molecule has 1 aliphatic heterocycles. The van der Waals surface area contributed by atoms with Gasteiger partial charge in [-0.3, -0.25) is 0 Å². The number of thiol groups is 1. The van der Waals surface area contributed by atoms with E-state index in [0.717, 1.165) is 6.07 Å². The maximum absolute atomic E-state index is 12.5. The zero-order valence-corrected chi connectivity index (χ0v) is 16.7. The van der Waals surface area contributed by atoms with E-state index in [9.17, 15) is 21.6 Å². The second-order valence-electron chi connectivity index (χ2n) is 4.92. The first-order chi connectivity index (χ1) is 10.6. The fraction of sp³-hybridized carbons (Fsp3) is 0.417. The zero-order chi connectivity index (χ0) is 17.0. The second kappa shape index (κ2) is 6.66. The first-order valence-corrected chi connectivity index (χ1v) is 8.41. The van der Waals surface area contributed by atoms with Crippen LogP contribution in [0.2, 0.25) is 0 Å². The molecule has 3 rings (SSSR count). The molecule has 0 saturated carbocycles. The maximum Gasteiger partial charge on any atom is 0.534 e. The smallest absolute Gasteiger partial charge is 0.534 e. The molecule has 0 saturated heterocycles. The molecule has 24 heavy (non-hydrogen) atoms. The summed E-state index contributed by atoms with van der Waals surface area (Å²) in [5, 5.41) is 4.18. The predicted molar refractivity (Wildman–Crippen MR) is 78.8 cm³/mol. The predicted octanol–water partition coefficient (Wildman–Crippen LogP) is 3.39. The van der Waals surface area contributed by atoms with Gasteiger partial charge in [0.25, 0.3) is 0 Å². The van der Waals surface area contributed by atoms with Crippen molar-refractivity contribution in [2.75, 3.05) is 12.3 Å². The number of fused-ring (bicyclic) bond motifs is 3. The van der Waals surface area contributed by atoms with Crippen molar-refractivity contribution in [1.82, 2.24) is 4.98 Å². The van der Waals surface area contributed by atoms with Crippen LogP contribution in [0.25, 0.3) is 16.4 Å². The molecule has 12 heteroatoms. The van der Waals surface area contributed by atoms with Crippen molar-refractivity contribution < 1.29 is 62.9 Å². The van der Waals surface area contributed by atoms with E-state index < -0.39 is 21.4 Å². The number of aryl methyl sites for hydroxylation is 1. The monoisotopic (exact) mass is 456 g/mol. The number of aromatic nitrogens is 1. The summed E-state index contributed by atoms with van der Waals surface area (Å²) >= 11 is 4.21. The molecule has 2 heterocycles. The number of rotatable bonds is 3. The number of halogens is 3. The molecular weight excluding hydrogens is 446 g/mol. The molecule has 0 bridgehead atoms. The molecule has 0 spiro atoms. The van der Waals surface area contributed by atoms with Crippen LogP contribution in [-0.2, 0) is 42.8 Å². The molecule has 0 amide bonds. The van der Waals surface area contributed by atoms with Gasteiger partial charge in [-0.05, 0) is 23.3 Å². The molecular formula is C12H10F3N2O4S2Y-. The van der Waals surface area contributed by atoms with Gasteiger partial charge in [0.2, 0.25) is 0 Å². The third-order valence-electron chi connectivity index (χ3n) is 3.35. The molecule has 2 aromatic rings. The van der Waals surface area contributed by atoms with E-state index in [1.807, 2.05) is 0 Å². The average molecular weight is 456 g/mol. The van der Waals surface area contributed by atoms with Gasteiger partial charge < -0.3 is 13.9 Å². The topological polar surface area (TPSA) is 83.5 Å². The van der Waals surface area contributed by atoms with Crippen LogP contribution < -0.4 is 4.18 Å². The van der Waals surface area contributed by atoms with Gasteiger partial charge >= 0.3 is 15.6 Å². The van der Waals surface area contributed by atoms with Crippen LogP contribution in [0.5, 0.6) is 5.75 Å². The first-order valence-electron chi connectivity index (χ1n) is 6.37. The molecule has 6 nitrogen and oxygen atoms in total. The van der Waals surface area contributed by atoms with Gasteiger partial charge in [0, 0.05) is 39.6 Å². The van der Waals surface area contributed by atoms with E-state index in [0.29, 0.717) is 23.5 Å². The fourth-order valence-electron chi connectivity index (χ4n) is 2.37. The molecule has 1 aromatic carbocycles. The average Bonchev–Trinajstić information content (AvgIpc) is 2.99. The third-order valence-corrected chi connectivity index (χ3v) is 4.76. The Kier molecular flexibility index (Phi) is 5.49. The van der Waals surface area contributed by atoms with E-state index in [1.165, 1.54) is 6.92 Å². The normalized spacial score (nSPS) is 17.3. The van der Waals surface area contributed by atoms with Crippen LogP contribution in [0.1, 0.15) is 17.4 Å². The summed E-state index contributed by atoms with van der Waals surface area (Å²) in [6.07, 6.45) is 0. The summed E-state index contributed by atoms with van der Waals surface area (Å²) in [6, 6.07) is 1.12. The Balaban J connectivity index is 0.00000208. The summed E-state index contributed by atoms with van der Waals surface area (Å²) in [5.74, 6) is -0.0280. The number of hydrogen-bond donors (Lipinski definition) is 1. The molecule has 0 N–H and O–H groups in total. The Morgan fingerprint density at radius 2 is 2.17 bits per heavy atom. The minimum absolute atomic E-state index is 0. The SMILES string of the molecule is Cc1nc2c3c(cc(OS(=O)(=O)C(F)(F)F)c2o1)[N-]CC3CS.[Y]. The Morgan fingerprint density at radius 1 is 1.50 bits per heavy atom. The van der Waals surface area contributed by atoms with E-state index in [2.05, 4.69) is 27.1 Å². The molecule has 0 fully saturated rings. The Hall–Kier alpha value is -0.516. The van der Waals surface area contributed by atoms with Crippen LogP contribution >= 0.6 is 12.6 Å². The minimum atomic E-state index is -5.81. The Morgan fingerprint density at radius 3 is 2.75 bits per heavy atom. The van der Waals surface area contributed by atoms with E-state index in [-0.39, 0.29) is 55.6 Å². The number of alkyl halides is 3. The van der Waals surface area contributed by atoms with Crippen molar-refractivity contribution in [3.63, 3.8) is 0 Å². The number of hydrogen-bond acceptors (Lipinski definition) is 6. The van der Waals surface area contributed by atoms with Crippen molar-refractivity contribution >= 4 is 39.5 Å². The van der Waals surface area contributed by atoms with Crippen LogP contribution in [0, 0.1) is 6.92 Å². The third kappa shape index (κ3) is 3.27. The van der Waals surface area contributed by atoms with Gasteiger partial charge in [-0.2, -0.15) is 34.2 Å². The van der Waals surface area contributed by atoms with E-state index in [4.69, 9.17) is 4.42 Å². The van der Waals surface area contributed by atoms with Gasteiger partial charge in [0.15, 0.2) is 17.2 Å². The second-order valence-corrected chi connectivity index (χ2v) is 6.82. The summed E-state index contributed by atoms with van der Waals surface area (Å²) in [7, 11) is -5.81. The van der Waals surface area contributed by atoms with Crippen molar-refractivity contribution in [3.05, 3.63) is 22.8 Å². The van der Waals surface area contributed by atoms with Crippen molar-refractivity contribution in [3.8, 4) is 5.75 Å². The van der Waals surface area contributed by atoms with Gasteiger partial charge in [-0.25, -0.2) is 4.98 Å². The molecule has 0 aliphatic carbocycles. The summed E-state index contributed by atoms with van der Waals surface area (Å²) in [5.41, 5.74) is -4.45. The van der Waals surface area contributed by atoms with Crippen molar-refractivity contribution in [2.45, 2.75) is 18.3 Å². The first kappa shape index (κ1) is 19.8. The van der Waals surface area contributed by atoms with Gasteiger partial charge in [0.05, 0.1) is 0 Å². The summed E-state index contributed by atoms with van der Waals surface area (Å²) < 4.78 is 69.5. The molecule has 129 valence electrons. The standard InChI is InChI=1S/C12H10F3N2O4S2.Y/c1-5-17-10-9-6(4-22)3-16-7(9)2-8(11(10)20-5)21-23(18,19)12(13,14)15;/h2,6,22H,3-4H2,1H3;/q-1;. The quantitative estimate of drug-likeness (QED) is 0.435. The molecule has 1 unspecified atom stereocenters. The van der Waals surface area contributed by atoms with Crippen LogP contribution in [0.3, 0.4) is 0 Å². The fourth-order valence-corrected chi connectivity index (χ4v) is 3.13. The number of oxazole rings is 1. The summed E-state index contributed by atoms with van der Waals surface area (Å²) in [4.78, 5) is 4.12. The van der Waals surface area contributed by atoms with Gasteiger partial charge in [-0.1, -0.05) is 0 Å². The van der Waals surface area contributed by atoms with Crippen LogP contribution in [0.4, 0.5) is 18.9 Å². The maximum atomic E-state index is 12.5. The Bertz CT molecular complexity index is 883. The largest absolute Gasteiger partial charge is 0.683 e. The minimum Gasteiger partial charge on any atom is -0.683 e. The summed E-state index contributed by atoms with van der Waals surface area (Å²) in [6.45, 7) is 1.88. The Labute approximate surface area is 165 Å². The van der Waals surface area contributed by atoms with Crippen molar-refractivity contribution in [2.24, 2.45) is 0 Å². The van der Waals surface area contributed by atoms with E-state index in [1.54, 1.807) is 0 Å². The van der Waals surface area contributed by atoms with Crippen LogP contribution in [0.15, 0.2) is 10.5 Å². The van der Waals surface area contributed by atoms with Gasteiger partial charge in [0.1, 0.15) is 5.52 Å². The van der Waals surface area contributed by atoms with Gasteiger partial charge in [-0.15, -0.1) is 12.2 Å². The van der Waals surface area contributed by atoms with Crippen molar-refractivity contribution in [1.29, 1.82) is 0 Å². The van der Waals surface area contributed by atoms with Crippen LogP contribution in [-0.4, -0.2) is 31.2 Å². The molecule has 1 aromatic heterocycles. The number of benzene rings is 1. The van der Waals surface area contributed by atoms with E-state index >= 15 is 0 Å².